The molecule has 0 atom stereocenters. The molecule has 1 aromatic heterocycles. The first kappa shape index (κ1) is 7.27. The van der Waals surface area contributed by atoms with Crippen molar-refractivity contribution in [2.45, 2.75) is 19.4 Å². The Hall–Kier alpha value is -1.39. The van der Waals surface area contributed by atoms with Crippen molar-refractivity contribution < 1.29 is 4.52 Å². The third-order valence-electron chi connectivity index (χ3n) is 1.81. The summed E-state index contributed by atoms with van der Waals surface area (Å²) in [7, 11) is 0. The molecule has 0 bridgehead atoms. The molecule has 0 saturated heterocycles. The lowest BCUT2D eigenvalue weighted by Crippen LogP contribution is -2.14. The minimum Gasteiger partial charge on any atom is -0.387 e. The highest BCUT2D eigenvalue weighted by molar-refractivity contribution is 5.84. The first-order valence-corrected chi connectivity index (χ1v) is 3.91. The van der Waals surface area contributed by atoms with Crippen LogP contribution in [0.4, 0.5) is 0 Å². The highest BCUT2D eigenvalue weighted by Crippen LogP contribution is 2.28. The molecule has 64 valence electrons. The van der Waals surface area contributed by atoms with Gasteiger partial charge < -0.3 is 10.3 Å². The van der Waals surface area contributed by atoms with E-state index in [9.17, 15) is 0 Å². The van der Waals surface area contributed by atoms with Crippen LogP contribution in [-0.4, -0.2) is 16.0 Å². The van der Waals surface area contributed by atoms with E-state index in [2.05, 4.69) is 19.7 Å². The first-order chi connectivity index (χ1) is 5.86. The van der Waals surface area contributed by atoms with Crippen molar-refractivity contribution in [1.82, 2.24) is 10.1 Å². The van der Waals surface area contributed by atoms with Crippen molar-refractivity contribution in [1.29, 1.82) is 0 Å². The van der Waals surface area contributed by atoms with Crippen LogP contribution in [-0.2, 0) is 6.54 Å². The van der Waals surface area contributed by atoms with E-state index in [4.69, 9.17) is 5.73 Å². The molecule has 1 aliphatic rings. The van der Waals surface area contributed by atoms with E-state index < -0.39 is 0 Å². The molecule has 2 N–H and O–H groups in total. The Morgan fingerprint density at radius 2 is 2.58 bits per heavy atom. The molecule has 1 heterocycles. The zero-order valence-electron chi connectivity index (χ0n) is 6.60. The van der Waals surface area contributed by atoms with E-state index >= 15 is 0 Å². The molecule has 0 radical (unpaired) electrons. The van der Waals surface area contributed by atoms with Crippen LogP contribution in [0.3, 0.4) is 0 Å². The molecule has 12 heavy (non-hydrogen) atoms. The van der Waals surface area contributed by atoms with Crippen LogP contribution in [0.2, 0.25) is 0 Å². The highest BCUT2D eigenvalue weighted by atomic mass is 16.5. The summed E-state index contributed by atoms with van der Waals surface area (Å²) in [5.41, 5.74) is 5.66. The fraction of sp³-hybridized carbons (Fsp3) is 0.571. The Morgan fingerprint density at radius 1 is 1.75 bits per heavy atom. The summed E-state index contributed by atoms with van der Waals surface area (Å²) in [5, 5.41) is 3.62. The summed E-state index contributed by atoms with van der Waals surface area (Å²) < 4.78 is 4.55. The summed E-state index contributed by atoms with van der Waals surface area (Å²) >= 11 is 0. The summed E-state index contributed by atoms with van der Waals surface area (Å²) in [5.74, 6) is 1.82. The van der Waals surface area contributed by atoms with Gasteiger partial charge in [0.2, 0.25) is 6.39 Å². The van der Waals surface area contributed by atoms with Gasteiger partial charge in [0, 0.05) is 5.92 Å². The quantitative estimate of drug-likeness (QED) is 0.518. The number of aromatic nitrogens is 2. The van der Waals surface area contributed by atoms with Crippen molar-refractivity contribution >= 4 is 5.84 Å². The second-order valence-electron chi connectivity index (χ2n) is 2.86. The van der Waals surface area contributed by atoms with Gasteiger partial charge in [-0.25, -0.2) is 0 Å². The van der Waals surface area contributed by atoms with Crippen LogP contribution < -0.4 is 5.73 Å². The van der Waals surface area contributed by atoms with Crippen molar-refractivity contribution in [3.8, 4) is 0 Å². The molecule has 1 aromatic rings. The van der Waals surface area contributed by atoms with Gasteiger partial charge in [-0.05, 0) is 12.8 Å². The second kappa shape index (κ2) is 2.92. The van der Waals surface area contributed by atoms with Gasteiger partial charge in [0.1, 0.15) is 6.54 Å². The van der Waals surface area contributed by atoms with Gasteiger partial charge >= 0.3 is 0 Å². The van der Waals surface area contributed by atoms with Crippen LogP contribution in [0.15, 0.2) is 15.9 Å². The van der Waals surface area contributed by atoms with Gasteiger partial charge in [0.05, 0.1) is 5.84 Å². The molecule has 1 fully saturated rings. The van der Waals surface area contributed by atoms with Crippen LogP contribution in [0.25, 0.3) is 0 Å². The maximum absolute atomic E-state index is 5.66. The molecule has 0 amide bonds. The molecule has 5 heteroatoms. The Labute approximate surface area is 69.7 Å². The van der Waals surface area contributed by atoms with Gasteiger partial charge in [-0.1, -0.05) is 5.16 Å². The smallest absolute Gasteiger partial charge is 0.213 e. The van der Waals surface area contributed by atoms with Crippen molar-refractivity contribution in [3.05, 3.63) is 12.2 Å². The largest absolute Gasteiger partial charge is 0.387 e. The number of rotatable bonds is 3. The van der Waals surface area contributed by atoms with E-state index in [1.165, 1.54) is 19.2 Å². The summed E-state index contributed by atoms with van der Waals surface area (Å²) in [6.07, 6.45) is 3.63. The summed E-state index contributed by atoms with van der Waals surface area (Å²) in [6, 6.07) is 0. The zero-order valence-corrected chi connectivity index (χ0v) is 6.60. The molecular formula is C7H10N4O. The fourth-order valence-corrected chi connectivity index (χ4v) is 0.932. The maximum Gasteiger partial charge on any atom is 0.213 e. The van der Waals surface area contributed by atoms with Gasteiger partial charge in [-0.3, -0.25) is 4.99 Å². The van der Waals surface area contributed by atoms with Crippen molar-refractivity contribution in [2.24, 2.45) is 16.6 Å². The number of aliphatic imine (C=N–C) groups is 1. The van der Waals surface area contributed by atoms with Crippen LogP contribution in [0.1, 0.15) is 18.7 Å². The van der Waals surface area contributed by atoms with E-state index in [-0.39, 0.29) is 0 Å². The zero-order chi connectivity index (χ0) is 8.39. The molecule has 0 aromatic carbocycles. The summed E-state index contributed by atoms with van der Waals surface area (Å²) in [6.45, 7) is 0.429. The third-order valence-corrected chi connectivity index (χ3v) is 1.81. The van der Waals surface area contributed by atoms with Crippen LogP contribution in [0.5, 0.6) is 0 Å². The first-order valence-electron chi connectivity index (χ1n) is 3.91. The lowest BCUT2D eigenvalue weighted by molar-refractivity contribution is 0.410. The normalized spacial score (nSPS) is 18.2. The van der Waals surface area contributed by atoms with Crippen LogP contribution >= 0.6 is 0 Å². The van der Waals surface area contributed by atoms with Gasteiger partial charge in [0.15, 0.2) is 5.82 Å². The maximum atomic E-state index is 5.66. The second-order valence-corrected chi connectivity index (χ2v) is 2.86. The lowest BCUT2D eigenvalue weighted by atomic mass is 10.4. The average Bonchev–Trinajstić information content (AvgIpc) is 2.80. The Balaban J connectivity index is 1.91. The average molecular weight is 166 g/mol. The predicted molar refractivity (Wildman–Crippen MR) is 42.3 cm³/mol. The van der Waals surface area contributed by atoms with E-state index in [1.54, 1.807) is 0 Å². The molecule has 1 saturated carbocycles. The fourth-order valence-electron chi connectivity index (χ4n) is 0.932. The van der Waals surface area contributed by atoms with Crippen LogP contribution in [0, 0.1) is 5.92 Å². The molecule has 0 spiro atoms. The monoisotopic (exact) mass is 166 g/mol. The molecule has 0 unspecified atom stereocenters. The molecular weight excluding hydrogens is 156 g/mol. The molecule has 1 aliphatic carbocycles. The number of nitrogens with zero attached hydrogens (tertiary/aromatic N) is 3. The molecule has 0 aliphatic heterocycles. The third kappa shape index (κ3) is 1.61. The van der Waals surface area contributed by atoms with Crippen molar-refractivity contribution in [2.75, 3.05) is 0 Å². The van der Waals surface area contributed by atoms with Gasteiger partial charge in [-0.15, -0.1) is 0 Å². The lowest BCUT2D eigenvalue weighted by Gasteiger charge is -1.93. The highest BCUT2D eigenvalue weighted by Gasteiger charge is 2.25. The summed E-state index contributed by atoms with van der Waals surface area (Å²) in [4.78, 5) is 7.97. The Kier molecular flexibility index (Phi) is 1.77. The SMILES string of the molecule is NC(=NCc1ncon1)C1CC1. The number of hydrogen-bond acceptors (Lipinski definition) is 4. The molecule has 5 nitrogen and oxygen atoms in total. The number of amidine groups is 1. The number of nitrogens with two attached hydrogens (primary N) is 1. The van der Waals surface area contributed by atoms with Gasteiger partial charge in [0.25, 0.3) is 0 Å². The standard InChI is InChI=1S/C7H10N4O/c8-7(5-1-2-5)9-3-6-10-4-12-11-6/h4-5H,1-3H2,(H2,8,9). The van der Waals surface area contributed by atoms with Crippen molar-refractivity contribution in [3.63, 3.8) is 0 Å². The van der Waals surface area contributed by atoms with E-state index in [0.717, 1.165) is 5.84 Å². The Bertz CT molecular complexity index is 276. The topological polar surface area (TPSA) is 77.3 Å². The Morgan fingerprint density at radius 3 is 3.17 bits per heavy atom. The minimum atomic E-state index is 0.429. The molecule has 2 rings (SSSR count). The predicted octanol–water partition coefficient (Wildman–Crippen LogP) is 0.337. The minimum absolute atomic E-state index is 0.429. The number of hydrogen-bond donors (Lipinski definition) is 1. The van der Waals surface area contributed by atoms with E-state index in [1.807, 2.05) is 0 Å². The van der Waals surface area contributed by atoms with E-state index in [0.29, 0.717) is 18.3 Å². The van der Waals surface area contributed by atoms with Gasteiger partial charge in [-0.2, -0.15) is 4.98 Å².